The van der Waals surface area contributed by atoms with Gasteiger partial charge in [-0.3, -0.25) is 0 Å². The third-order valence-electron chi connectivity index (χ3n) is 7.06. The average Bonchev–Trinajstić information content (AvgIpc) is 3.19. The molecule has 5 rings (SSSR count). The van der Waals surface area contributed by atoms with Crippen molar-refractivity contribution in [3.8, 4) is 11.1 Å². The van der Waals surface area contributed by atoms with Crippen LogP contribution in [-0.4, -0.2) is 40.4 Å². The van der Waals surface area contributed by atoms with E-state index in [1.807, 2.05) is 11.8 Å². The van der Waals surface area contributed by atoms with E-state index in [0.717, 1.165) is 19.3 Å². The largest absolute Gasteiger partial charge is 0.448 e. The van der Waals surface area contributed by atoms with Gasteiger partial charge in [0.25, 0.3) is 0 Å². The van der Waals surface area contributed by atoms with Gasteiger partial charge in [0.15, 0.2) is 0 Å². The van der Waals surface area contributed by atoms with E-state index in [4.69, 9.17) is 4.74 Å². The lowest BCUT2D eigenvalue weighted by Crippen LogP contribution is -2.53. The lowest BCUT2D eigenvalue weighted by molar-refractivity contribution is -0.0505. The first-order valence-corrected chi connectivity index (χ1v) is 10.5. The second kappa shape index (κ2) is 6.63. The molecule has 2 aliphatic heterocycles. The lowest BCUT2D eigenvalue weighted by Gasteiger charge is -2.42. The minimum absolute atomic E-state index is 0.0892. The summed E-state index contributed by atoms with van der Waals surface area (Å²) in [5, 5.41) is 10.7. The van der Waals surface area contributed by atoms with Crippen molar-refractivity contribution >= 4 is 6.09 Å². The van der Waals surface area contributed by atoms with Gasteiger partial charge >= 0.3 is 6.09 Å². The van der Waals surface area contributed by atoms with Crippen molar-refractivity contribution in [1.29, 1.82) is 0 Å². The number of ether oxygens (including phenoxy) is 1. The van der Waals surface area contributed by atoms with Crippen molar-refractivity contribution in [3.63, 3.8) is 0 Å². The van der Waals surface area contributed by atoms with Crippen LogP contribution in [0.5, 0.6) is 0 Å². The first-order chi connectivity index (χ1) is 13.6. The molecule has 2 unspecified atom stereocenters. The first-order valence-electron chi connectivity index (χ1n) is 10.5. The Morgan fingerprint density at radius 2 is 1.57 bits per heavy atom. The predicted molar refractivity (Wildman–Crippen MR) is 108 cm³/mol. The van der Waals surface area contributed by atoms with Gasteiger partial charge in [-0.05, 0) is 54.4 Å². The van der Waals surface area contributed by atoms with E-state index >= 15 is 0 Å². The van der Waals surface area contributed by atoms with E-state index in [1.165, 1.54) is 22.3 Å². The standard InChI is InChI=1S/C24H27NO3/c1-2-24(27)13-16-11-12-17(14-24)25(16)23(26)28-15-22-20-9-5-3-7-18(20)19-8-4-6-10-21(19)22/h3-10,16-17,22,27H,2,11-15H2,1H3. The first kappa shape index (κ1) is 17.7. The normalized spacial score (nSPS) is 28.1. The predicted octanol–water partition coefficient (Wildman–Crippen LogP) is 4.70. The highest BCUT2D eigenvalue weighted by Gasteiger charge is 2.49. The Morgan fingerprint density at radius 1 is 1.04 bits per heavy atom. The van der Waals surface area contributed by atoms with E-state index < -0.39 is 5.60 Å². The summed E-state index contributed by atoms with van der Waals surface area (Å²) in [6.45, 7) is 2.39. The molecule has 2 saturated heterocycles. The molecule has 0 spiro atoms. The summed E-state index contributed by atoms with van der Waals surface area (Å²) >= 11 is 0. The number of fused-ring (bicyclic) bond motifs is 5. The van der Waals surface area contributed by atoms with Crippen LogP contribution in [0.25, 0.3) is 11.1 Å². The Kier molecular flexibility index (Phi) is 4.20. The van der Waals surface area contributed by atoms with Crippen LogP contribution >= 0.6 is 0 Å². The van der Waals surface area contributed by atoms with Crippen LogP contribution < -0.4 is 0 Å². The van der Waals surface area contributed by atoms with E-state index in [-0.39, 0.29) is 24.1 Å². The Labute approximate surface area is 166 Å². The van der Waals surface area contributed by atoms with Gasteiger partial charge in [0.1, 0.15) is 6.61 Å². The van der Waals surface area contributed by atoms with Crippen molar-refractivity contribution in [2.24, 2.45) is 0 Å². The number of hydrogen-bond donors (Lipinski definition) is 1. The van der Waals surface area contributed by atoms with E-state index in [0.29, 0.717) is 19.4 Å². The van der Waals surface area contributed by atoms with E-state index in [9.17, 15) is 9.90 Å². The van der Waals surface area contributed by atoms with Crippen LogP contribution in [0.1, 0.15) is 56.1 Å². The SMILES string of the molecule is CCC1(O)CC2CCC(C1)N2C(=O)OCC1c2ccccc2-c2ccccc21. The van der Waals surface area contributed by atoms with Crippen molar-refractivity contribution in [3.05, 3.63) is 59.7 Å². The third-order valence-corrected chi connectivity index (χ3v) is 7.06. The molecule has 0 aromatic heterocycles. The second-order valence-electron chi connectivity index (χ2n) is 8.58. The molecule has 2 aromatic rings. The highest BCUT2D eigenvalue weighted by atomic mass is 16.6. The van der Waals surface area contributed by atoms with Crippen LogP contribution in [0.15, 0.2) is 48.5 Å². The van der Waals surface area contributed by atoms with Gasteiger partial charge in [-0.15, -0.1) is 0 Å². The highest BCUT2D eigenvalue weighted by Crippen LogP contribution is 2.45. The number of nitrogens with zero attached hydrogens (tertiary/aromatic N) is 1. The molecular formula is C24H27NO3. The quantitative estimate of drug-likeness (QED) is 0.843. The van der Waals surface area contributed by atoms with Crippen LogP contribution in [-0.2, 0) is 4.74 Å². The number of piperidine rings is 1. The monoisotopic (exact) mass is 377 g/mol. The summed E-state index contributed by atoms with van der Waals surface area (Å²) in [4.78, 5) is 14.9. The number of carbonyl (C=O) groups is 1. The molecule has 2 heterocycles. The summed E-state index contributed by atoms with van der Waals surface area (Å²) < 4.78 is 5.87. The second-order valence-corrected chi connectivity index (χ2v) is 8.58. The molecule has 146 valence electrons. The number of hydrogen-bond acceptors (Lipinski definition) is 3. The van der Waals surface area contributed by atoms with Gasteiger partial charge in [0, 0.05) is 18.0 Å². The topological polar surface area (TPSA) is 49.8 Å². The fourth-order valence-corrected chi connectivity index (χ4v) is 5.58. The molecule has 4 nitrogen and oxygen atoms in total. The van der Waals surface area contributed by atoms with Crippen molar-refractivity contribution in [2.45, 2.75) is 62.6 Å². The van der Waals surface area contributed by atoms with Gasteiger partial charge in [-0.2, -0.15) is 0 Å². The van der Waals surface area contributed by atoms with Crippen molar-refractivity contribution in [1.82, 2.24) is 4.90 Å². The molecule has 0 saturated carbocycles. The van der Waals surface area contributed by atoms with Crippen LogP contribution in [0.2, 0.25) is 0 Å². The number of rotatable bonds is 3. The summed E-state index contributed by atoms with van der Waals surface area (Å²) in [6.07, 6.45) is 3.81. The van der Waals surface area contributed by atoms with E-state index in [2.05, 4.69) is 48.5 Å². The zero-order valence-corrected chi connectivity index (χ0v) is 16.3. The van der Waals surface area contributed by atoms with Crippen LogP contribution in [0.4, 0.5) is 4.79 Å². The molecule has 4 heteroatoms. The molecule has 1 amide bonds. The summed E-state index contributed by atoms with van der Waals surface area (Å²) in [5.41, 5.74) is 4.33. The molecule has 28 heavy (non-hydrogen) atoms. The number of carbonyl (C=O) groups excluding carboxylic acids is 1. The summed E-state index contributed by atoms with van der Waals surface area (Å²) in [5.74, 6) is 0.0892. The molecule has 2 bridgehead atoms. The van der Waals surface area contributed by atoms with Gasteiger partial charge in [-0.1, -0.05) is 55.5 Å². The average molecular weight is 377 g/mol. The van der Waals surface area contributed by atoms with Gasteiger partial charge in [0.05, 0.1) is 5.60 Å². The number of amides is 1. The lowest BCUT2D eigenvalue weighted by atomic mass is 9.84. The van der Waals surface area contributed by atoms with Gasteiger partial charge in [-0.25, -0.2) is 4.79 Å². The van der Waals surface area contributed by atoms with Gasteiger partial charge in [0.2, 0.25) is 0 Å². The Bertz CT molecular complexity index is 849. The maximum Gasteiger partial charge on any atom is 0.410 e. The maximum absolute atomic E-state index is 13.0. The fourth-order valence-electron chi connectivity index (χ4n) is 5.58. The van der Waals surface area contributed by atoms with Crippen LogP contribution in [0.3, 0.4) is 0 Å². The minimum Gasteiger partial charge on any atom is -0.448 e. The van der Waals surface area contributed by atoms with E-state index in [1.54, 1.807) is 0 Å². The smallest absolute Gasteiger partial charge is 0.410 e. The zero-order chi connectivity index (χ0) is 19.3. The summed E-state index contributed by atoms with van der Waals surface area (Å²) in [7, 11) is 0. The Balaban J connectivity index is 1.33. The number of aliphatic hydroxyl groups is 1. The maximum atomic E-state index is 13.0. The zero-order valence-electron chi connectivity index (χ0n) is 16.3. The molecular weight excluding hydrogens is 350 g/mol. The Morgan fingerprint density at radius 3 is 2.11 bits per heavy atom. The van der Waals surface area contributed by atoms with Crippen LogP contribution in [0, 0.1) is 0 Å². The number of benzene rings is 2. The fraction of sp³-hybridized carbons (Fsp3) is 0.458. The highest BCUT2D eigenvalue weighted by molar-refractivity contribution is 5.79. The van der Waals surface area contributed by atoms with Crippen molar-refractivity contribution < 1.29 is 14.6 Å². The summed E-state index contributed by atoms with van der Waals surface area (Å²) in [6, 6.07) is 17.0. The van der Waals surface area contributed by atoms with Gasteiger partial charge < -0.3 is 14.7 Å². The molecule has 2 fully saturated rings. The third kappa shape index (κ3) is 2.74. The molecule has 1 aliphatic carbocycles. The Hall–Kier alpha value is -2.33. The molecule has 2 atom stereocenters. The molecule has 0 radical (unpaired) electrons. The van der Waals surface area contributed by atoms with Crippen molar-refractivity contribution in [2.75, 3.05) is 6.61 Å². The molecule has 1 N–H and O–H groups in total. The molecule has 2 aromatic carbocycles. The molecule has 3 aliphatic rings. The minimum atomic E-state index is -0.619.